The van der Waals surface area contributed by atoms with E-state index >= 15 is 0 Å². The van der Waals surface area contributed by atoms with Gasteiger partial charge in [-0.05, 0) is 19.2 Å². The fourth-order valence-electron chi connectivity index (χ4n) is 0.815. The van der Waals surface area contributed by atoms with Gasteiger partial charge >= 0.3 is 0 Å². The summed E-state index contributed by atoms with van der Waals surface area (Å²) in [6, 6.07) is 2.24. The Morgan fingerprint density at radius 1 is 1.29 bits per heavy atom. The lowest BCUT2D eigenvalue weighted by Crippen LogP contribution is -2.18. The van der Waals surface area contributed by atoms with E-state index in [1.165, 1.54) is 7.05 Å². The maximum absolute atomic E-state index is 11.3. The molecule has 0 bridgehead atoms. The molecule has 78 valence electrons. The highest BCUT2D eigenvalue weighted by atomic mass is 35.5. The minimum atomic E-state index is -3.59. The van der Waals surface area contributed by atoms with Crippen LogP contribution in [0.4, 0.5) is 0 Å². The molecule has 0 saturated carbocycles. The first-order valence-electron chi connectivity index (χ1n) is 3.50. The first-order valence-corrected chi connectivity index (χ1v) is 5.74. The zero-order valence-corrected chi connectivity index (χ0v) is 9.41. The molecular weight excluding hydrogens is 249 g/mol. The number of aromatic hydroxyl groups is 1. The van der Waals surface area contributed by atoms with Crippen LogP contribution in [0.1, 0.15) is 0 Å². The van der Waals surface area contributed by atoms with Crippen molar-refractivity contribution < 1.29 is 13.5 Å². The van der Waals surface area contributed by atoms with E-state index in [9.17, 15) is 13.5 Å². The van der Waals surface area contributed by atoms with E-state index in [4.69, 9.17) is 23.2 Å². The Kier molecular flexibility index (Phi) is 3.26. The SMILES string of the molecule is CNS(=O)(=O)c1cc(Cl)c(O)c(Cl)c1. The topological polar surface area (TPSA) is 66.4 Å². The van der Waals surface area contributed by atoms with Crippen molar-refractivity contribution in [2.24, 2.45) is 0 Å². The van der Waals surface area contributed by atoms with E-state index in [-0.39, 0.29) is 20.7 Å². The number of hydrogen-bond donors (Lipinski definition) is 2. The highest BCUT2D eigenvalue weighted by Crippen LogP contribution is 2.33. The van der Waals surface area contributed by atoms with Crippen molar-refractivity contribution in [3.63, 3.8) is 0 Å². The maximum Gasteiger partial charge on any atom is 0.240 e. The smallest absolute Gasteiger partial charge is 0.240 e. The zero-order valence-electron chi connectivity index (χ0n) is 7.08. The van der Waals surface area contributed by atoms with Crippen LogP contribution in [-0.2, 0) is 10.0 Å². The number of sulfonamides is 1. The number of nitrogens with one attached hydrogen (secondary N) is 1. The van der Waals surface area contributed by atoms with Crippen molar-refractivity contribution in [3.05, 3.63) is 22.2 Å². The van der Waals surface area contributed by atoms with E-state index < -0.39 is 10.0 Å². The average molecular weight is 256 g/mol. The van der Waals surface area contributed by atoms with E-state index in [1.54, 1.807) is 0 Å². The number of phenols is 1. The van der Waals surface area contributed by atoms with Crippen molar-refractivity contribution in [2.45, 2.75) is 4.90 Å². The molecule has 0 atom stereocenters. The normalized spacial score (nSPS) is 11.6. The molecule has 0 radical (unpaired) electrons. The summed E-state index contributed by atoms with van der Waals surface area (Å²) in [4.78, 5) is -0.0900. The molecule has 7 heteroatoms. The molecule has 0 spiro atoms. The molecule has 2 N–H and O–H groups in total. The van der Waals surface area contributed by atoms with E-state index in [0.717, 1.165) is 12.1 Å². The summed E-state index contributed by atoms with van der Waals surface area (Å²) in [5.74, 6) is -0.330. The molecule has 1 aromatic rings. The van der Waals surface area contributed by atoms with Crippen molar-refractivity contribution in [1.82, 2.24) is 4.72 Å². The summed E-state index contributed by atoms with van der Waals surface area (Å²) in [6.07, 6.45) is 0. The molecule has 4 nitrogen and oxygen atoms in total. The highest BCUT2D eigenvalue weighted by Gasteiger charge is 2.15. The van der Waals surface area contributed by atoms with Gasteiger partial charge in [-0.1, -0.05) is 23.2 Å². The Labute approximate surface area is 91.5 Å². The molecule has 0 aliphatic carbocycles. The second kappa shape index (κ2) is 3.94. The Balaban J connectivity index is 3.41. The summed E-state index contributed by atoms with van der Waals surface area (Å²) >= 11 is 11.1. The van der Waals surface area contributed by atoms with Gasteiger partial charge in [-0.25, -0.2) is 13.1 Å². The fourth-order valence-corrected chi connectivity index (χ4v) is 2.21. The second-order valence-electron chi connectivity index (χ2n) is 2.44. The Bertz CT molecular complexity index is 435. The van der Waals surface area contributed by atoms with Crippen molar-refractivity contribution in [1.29, 1.82) is 0 Å². The summed E-state index contributed by atoms with van der Waals surface area (Å²) in [7, 11) is -2.32. The minimum absolute atomic E-state index is 0.0900. The summed E-state index contributed by atoms with van der Waals surface area (Å²) in [5, 5.41) is 8.98. The second-order valence-corrected chi connectivity index (χ2v) is 5.14. The maximum atomic E-state index is 11.3. The molecule has 0 saturated heterocycles. The van der Waals surface area contributed by atoms with Gasteiger partial charge in [0.2, 0.25) is 10.0 Å². The first kappa shape index (κ1) is 11.6. The van der Waals surface area contributed by atoms with Gasteiger partial charge < -0.3 is 5.11 Å². The van der Waals surface area contributed by atoms with E-state index in [2.05, 4.69) is 4.72 Å². The van der Waals surface area contributed by atoms with Gasteiger partial charge in [0.05, 0.1) is 14.9 Å². The van der Waals surface area contributed by atoms with E-state index in [0.29, 0.717) is 0 Å². The van der Waals surface area contributed by atoms with Gasteiger partial charge in [0, 0.05) is 0 Å². The van der Waals surface area contributed by atoms with Gasteiger partial charge in [0.25, 0.3) is 0 Å². The third kappa shape index (κ3) is 2.12. The molecule has 0 fully saturated rings. The molecule has 1 aromatic carbocycles. The van der Waals surface area contributed by atoms with Crippen LogP contribution in [0.2, 0.25) is 10.0 Å². The van der Waals surface area contributed by atoms with Crippen LogP contribution in [-0.4, -0.2) is 20.6 Å². The third-order valence-corrected chi connectivity index (χ3v) is 3.54. The number of benzene rings is 1. The van der Waals surface area contributed by atoms with Crippen LogP contribution in [0.15, 0.2) is 17.0 Å². The quantitative estimate of drug-likeness (QED) is 0.844. The molecule has 14 heavy (non-hydrogen) atoms. The number of halogens is 2. The summed E-state index contributed by atoms with van der Waals surface area (Å²) < 4.78 is 24.7. The lowest BCUT2D eigenvalue weighted by molar-refractivity contribution is 0.475. The largest absolute Gasteiger partial charge is 0.505 e. The van der Waals surface area contributed by atoms with Crippen LogP contribution in [0.3, 0.4) is 0 Å². The zero-order chi connectivity index (χ0) is 10.9. The average Bonchev–Trinajstić information content (AvgIpc) is 2.13. The summed E-state index contributed by atoms with van der Waals surface area (Å²) in [6.45, 7) is 0. The molecule has 0 aromatic heterocycles. The van der Waals surface area contributed by atoms with Crippen molar-refractivity contribution in [3.8, 4) is 5.75 Å². The predicted molar refractivity (Wildman–Crippen MR) is 54.4 cm³/mol. The van der Waals surface area contributed by atoms with Gasteiger partial charge in [0.1, 0.15) is 0 Å². The Hall–Kier alpha value is -0.490. The van der Waals surface area contributed by atoms with Crippen molar-refractivity contribution >= 4 is 33.2 Å². The molecule has 0 aliphatic heterocycles. The van der Waals surface area contributed by atoms with Crippen molar-refractivity contribution in [2.75, 3.05) is 7.05 Å². The standard InChI is InChI=1S/C7H7Cl2NO3S/c1-10-14(12,13)4-2-5(8)7(11)6(9)3-4/h2-3,10-11H,1H3. The van der Waals surface area contributed by atoms with Gasteiger partial charge in [-0.3, -0.25) is 0 Å². The molecule has 0 heterocycles. The predicted octanol–water partition coefficient (Wildman–Crippen LogP) is 1.61. The van der Waals surface area contributed by atoms with Crippen LogP contribution < -0.4 is 4.72 Å². The fraction of sp³-hybridized carbons (Fsp3) is 0.143. The Morgan fingerprint density at radius 3 is 2.07 bits per heavy atom. The minimum Gasteiger partial charge on any atom is -0.505 e. The van der Waals surface area contributed by atoms with Crippen LogP contribution in [0.5, 0.6) is 5.75 Å². The van der Waals surface area contributed by atoms with Gasteiger partial charge in [-0.2, -0.15) is 0 Å². The molecule has 1 rings (SSSR count). The molecule has 0 aliphatic rings. The van der Waals surface area contributed by atoms with E-state index in [1.807, 2.05) is 0 Å². The number of hydrogen-bond acceptors (Lipinski definition) is 3. The first-order chi connectivity index (χ1) is 6.38. The molecule has 0 amide bonds. The number of rotatable bonds is 2. The summed E-state index contributed by atoms with van der Waals surface area (Å²) in [5.41, 5.74) is 0. The highest BCUT2D eigenvalue weighted by molar-refractivity contribution is 7.89. The molecular formula is C7H7Cl2NO3S. The third-order valence-electron chi connectivity index (χ3n) is 1.57. The van der Waals surface area contributed by atoms with Gasteiger partial charge in [-0.15, -0.1) is 0 Å². The number of phenolic OH excluding ortho intramolecular Hbond substituents is 1. The monoisotopic (exact) mass is 255 g/mol. The van der Waals surface area contributed by atoms with Crippen LogP contribution in [0.25, 0.3) is 0 Å². The Morgan fingerprint density at radius 2 is 1.71 bits per heavy atom. The van der Waals surface area contributed by atoms with Crippen LogP contribution in [0, 0.1) is 0 Å². The lowest BCUT2D eigenvalue weighted by atomic mass is 10.3. The van der Waals surface area contributed by atoms with Crippen LogP contribution >= 0.6 is 23.2 Å². The lowest BCUT2D eigenvalue weighted by Gasteiger charge is -2.05. The molecule has 0 unspecified atom stereocenters. The van der Waals surface area contributed by atoms with Gasteiger partial charge in [0.15, 0.2) is 5.75 Å².